The number of rotatable bonds is 5. The largest absolute Gasteiger partial charge is 0.355 e. The Labute approximate surface area is 154 Å². The van der Waals surface area contributed by atoms with Gasteiger partial charge >= 0.3 is 0 Å². The Kier molecular flexibility index (Phi) is 4.80. The normalized spacial score (nSPS) is 19.9. The lowest BCUT2D eigenvalue weighted by molar-refractivity contribution is -0.126. The number of carbonyl (C=O) groups is 2. The summed E-state index contributed by atoms with van der Waals surface area (Å²) >= 11 is 3.21. The lowest BCUT2D eigenvalue weighted by Gasteiger charge is -2.12. The third-order valence-electron chi connectivity index (χ3n) is 4.67. The molecule has 1 unspecified atom stereocenters. The van der Waals surface area contributed by atoms with E-state index in [1.807, 2.05) is 5.38 Å². The summed E-state index contributed by atoms with van der Waals surface area (Å²) in [5.41, 5.74) is 1.26. The molecule has 6 nitrogen and oxygen atoms in total. The maximum Gasteiger partial charge on any atom is 0.229 e. The molecule has 3 heterocycles. The zero-order valence-corrected chi connectivity index (χ0v) is 15.5. The van der Waals surface area contributed by atoms with Gasteiger partial charge in [-0.3, -0.25) is 14.5 Å². The molecule has 1 fully saturated rings. The summed E-state index contributed by atoms with van der Waals surface area (Å²) in [6.07, 6.45) is 7.44. The Bertz CT molecular complexity index is 748. The highest BCUT2D eigenvalue weighted by Gasteiger charge is 2.36. The molecule has 0 radical (unpaired) electrons. The Hall–Kier alpha value is -1.80. The molecule has 4 rings (SSSR count). The minimum Gasteiger partial charge on any atom is -0.355 e. The number of nitrogens with one attached hydrogen (secondary N) is 1. The van der Waals surface area contributed by atoms with Crippen LogP contribution in [0.15, 0.2) is 11.6 Å². The van der Waals surface area contributed by atoms with Crippen LogP contribution in [-0.4, -0.2) is 34.9 Å². The van der Waals surface area contributed by atoms with Gasteiger partial charge in [0.2, 0.25) is 11.8 Å². The van der Waals surface area contributed by atoms with E-state index in [0.717, 1.165) is 24.3 Å². The van der Waals surface area contributed by atoms with Crippen LogP contribution in [0.25, 0.3) is 0 Å². The van der Waals surface area contributed by atoms with Gasteiger partial charge in [0, 0.05) is 42.4 Å². The molecule has 1 N–H and O–H groups in total. The van der Waals surface area contributed by atoms with Gasteiger partial charge in [-0.1, -0.05) is 0 Å². The van der Waals surface area contributed by atoms with Crippen LogP contribution in [0.1, 0.15) is 34.8 Å². The third-order valence-corrected chi connectivity index (χ3v) is 6.69. The predicted octanol–water partition coefficient (Wildman–Crippen LogP) is 2.19. The van der Waals surface area contributed by atoms with Crippen molar-refractivity contribution in [3.8, 4) is 0 Å². The number of hydrogen-bond donors (Lipinski definition) is 1. The van der Waals surface area contributed by atoms with E-state index >= 15 is 0 Å². The third kappa shape index (κ3) is 3.59. The second-order valence-corrected chi connectivity index (χ2v) is 8.49. The van der Waals surface area contributed by atoms with E-state index in [1.54, 1.807) is 22.4 Å². The molecule has 1 aliphatic heterocycles. The minimum absolute atomic E-state index is 0.0253. The summed E-state index contributed by atoms with van der Waals surface area (Å²) < 4.78 is 0. The van der Waals surface area contributed by atoms with E-state index < -0.39 is 0 Å². The van der Waals surface area contributed by atoms with Gasteiger partial charge in [-0.2, -0.15) is 0 Å². The van der Waals surface area contributed by atoms with Crippen molar-refractivity contribution in [2.75, 3.05) is 18.0 Å². The Morgan fingerprint density at radius 2 is 2.24 bits per heavy atom. The molecule has 2 amide bonds. The molecular weight excluding hydrogens is 356 g/mol. The number of hydrogen-bond acceptors (Lipinski definition) is 6. The summed E-state index contributed by atoms with van der Waals surface area (Å²) in [7, 11) is 0. The lowest BCUT2D eigenvalue weighted by atomic mass is 10.0. The number of fused-ring (bicyclic) bond motifs is 1. The molecule has 2 aromatic heterocycles. The number of aryl methyl sites for hydroxylation is 2. The lowest BCUT2D eigenvalue weighted by Crippen LogP contribution is -2.34. The average molecular weight is 377 g/mol. The minimum atomic E-state index is -0.291. The summed E-state index contributed by atoms with van der Waals surface area (Å²) in [5, 5.41) is 6.59. The highest BCUT2D eigenvalue weighted by molar-refractivity contribution is 7.13. The Balaban J connectivity index is 1.28. The van der Waals surface area contributed by atoms with Crippen LogP contribution in [0.3, 0.4) is 0 Å². The summed E-state index contributed by atoms with van der Waals surface area (Å²) in [6, 6.07) is 0. The first kappa shape index (κ1) is 16.7. The maximum absolute atomic E-state index is 12.4. The zero-order chi connectivity index (χ0) is 17.2. The fraction of sp³-hybridized carbons (Fsp3) is 0.529. The standard InChI is InChI=1S/C17H20N4O2S2/c22-15-9-11(10-21(15)17-19-7-8-24-17)16(23)18-6-5-14-20-12-3-1-2-4-13(12)25-14/h7-8,11H,1-6,9-10H2,(H,18,23). The van der Waals surface area contributed by atoms with Crippen molar-refractivity contribution in [3.63, 3.8) is 0 Å². The molecule has 2 aliphatic rings. The van der Waals surface area contributed by atoms with Crippen LogP contribution in [0.2, 0.25) is 0 Å². The van der Waals surface area contributed by atoms with Crippen molar-refractivity contribution >= 4 is 39.6 Å². The zero-order valence-electron chi connectivity index (χ0n) is 13.9. The molecule has 25 heavy (non-hydrogen) atoms. The van der Waals surface area contributed by atoms with Gasteiger partial charge in [-0.05, 0) is 25.7 Å². The molecule has 0 bridgehead atoms. The second kappa shape index (κ2) is 7.21. The fourth-order valence-electron chi connectivity index (χ4n) is 3.37. The molecule has 2 aromatic rings. The summed E-state index contributed by atoms with van der Waals surface area (Å²) in [4.78, 5) is 36.4. The molecule has 132 valence electrons. The SMILES string of the molecule is O=C(NCCc1nc2c(s1)CCCC2)C1CC(=O)N(c2nccs2)C1. The smallest absolute Gasteiger partial charge is 0.229 e. The number of nitrogens with zero attached hydrogens (tertiary/aromatic N) is 3. The first-order valence-corrected chi connectivity index (χ1v) is 10.4. The second-order valence-electron chi connectivity index (χ2n) is 6.45. The maximum atomic E-state index is 12.4. The van der Waals surface area contributed by atoms with Gasteiger partial charge in [-0.15, -0.1) is 22.7 Å². The van der Waals surface area contributed by atoms with Crippen LogP contribution < -0.4 is 10.2 Å². The Morgan fingerprint density at radius 3 is 3.04 bits per heavy atom. The van der Waals surface area contributed by atoms with Gasteiger partial charge in [0.05, 0.1) is 16.6 Å². The number of aromatic nitrogens is 2. The van der Waals surface area contributed by atoms with E-state index in [1.165, 1.54) is 34.7 Å². The predicted molar refractivity (Wildman–Crippen MR) is 98.0 cm³/mol. The monoisotopic (exact) mass is 376 g/mol. The van der Waals surface area contributed by atoms with Crippen LogP contribution in [0.4, 0.5) is 5.13 Å². The molecule has 1 saturated heterocycles. The first-order chi connectivity index (χ1) is 12.2. The molecule has 8 heteroatoms. The van der Waals surface area contributed by atoms with E-state index in [9.17, 15) is 9.59 Å². The van der Waals surface area contributed by atoms with Crippen molar-refractivity contribution in [1.29, 1.82) is 0 Å². The van der Waals surface area contributed by atoms with Gasteiger partial charge in [0.25, 0.3) is 0 Å². The molecule has 0 aromatic carbocycles. The highest BCUT2D eigenvalue weighted by atomic mass is 32.1. The van der Waals surface area contributed by atoms with Gasteiger partial charge in [-0.25, -0.2) is 9.97 Å². The first-order valence-electron chi connectivity index (χ1n) is 8.66. The summed E-state index contributed by atoms with van der Waals surface area (Å²) in [5.74, 6) is -0.364. The average Bonchev–Trinajstić information content (AvgIpc) is 3.33. The summed E-state index contributed by atoms with van der Waals surface area (Å²) in [6.45, 7) is 0.997. The number of amides is 2. The van der Waals surface area contributed by atoms with Crippen molar-refractivity contribution in [2.24, 2.45) is 5.92 Å². The van der Waals surface area contributed by atoms with Crippen LogP contribution in [0.5, 0.6) is 0 Å². The quantitative estimate of drug-likeness (QED) is 0.868. The topological polar surface area (TPSA) is 75.2 Å². The van der Waals surface area contributed by atoms with Crippen molar-refractivity contribution < 1.29 is 9.59 Å². The van der Waals surface area contributed by atoms with Gasteiger partial charge < -0.3 is 5.32 Å². The van der Waals surface area contributed by atoms with Gasteiger partial charge in [0.1, 0.15) is 0 Å². The molecule has 1 atom stereocenters. The Morgan fingerprint density at radius 1 is 1.36 bits per heavy atom. The van der Waals surface area contributed by atoms with Crippen molar-refractivity contribution in [3.05, 3.63) is 27.2 Å². The van der Waals surface area contributed by atoms with Crippen molar-refractivity contribution in [2.45, 2.75) is 38.5 Å². The molecular formula is C17H20N4O2S2. The van der Waals surface area contributed by atoms with E-state index in [2.05, 4.69) is 10.3 Å². The van der Waals surface area contributed by atoms with Crippen molar-refractivity contribution in [1.82, 2.24) is 15.3 Å². The van der Waals surface area contributed by atoms with E-state index in [-0.39, 0.29) is 24.2 Å². The van der Waals surface area contributed by atoms with Crippen LogP contribution in [0, 0.1) is 5.92 Å². The number of thiazole rings is 2. The molecule has 0 saturated carbocycles. The number of carbonyl (C=O) groups excluding carboxylic acids is 2. The highest BCUT2D eigenvalue weighted by Crippen LogP contribution is 2.28. The van der Waals surface area contributed by atoms with Gasteiger partial charge in [0.15, 0.2) is 5.13 Å². The molecule has 0 spiro atoms. The van der Waals surface area contributed by atoms with E-state index in [4.69, 9.17) is 4.98 Å². The molecule has 1 aliphatic carbocycles. The van der Waals surface area contributed by atoms with E-state index in [0.29, 0.717) is 18.2 Å². The number of anilines is 1. The van der Waals surface area contributed by atoms with Crippen LogP contribution in [-0.2, 0) is 28.9 Å². The fourth-order valence-corrected chi connectivity index (χ4v) is 5.19. The van der Waals surface area contributed by atoms with Crippen LogP contribution >= 0.6 is 22.7 Å².